The molecule has 0 saturated heterocycles. The molecule has 0 saturated carbocycles. The minimum absolute atomic E-state index is 0.799. The third-order valence-electron chi connectivity index (χ3n) is 8.45. The predicted molar refractivity (Wildman–Crippen MR) is 198 cm³/mol. The summed E-state index contributed by atoms with van der Waals surface area (Å²) in [6.45, 7) is 13.4. The zero-order chi connectivity index (χ0) is 31.8. The van der Waals surface area contributed by atoms with E-state index < -0.39 is 0 Å². The molecule has 0 amide bonds. The molecule has 44 heavy (non-hydrogen) atoms. The summed E-state index contributed by atoms with van der Waals surface area (Å²) >= 11 is 0. The number of aryl methyl sites for hydroxylation is 4. The van der Waals surface area contributed by atoms with Crippen molar-refractivity contribution in [1.29, 1.82) is 0 Å². The number of hydrogen-bond donors (Lipinski definition) is 0. The van der Waals surface area contributed by atoms with Gasteiger partial charge in [-0.1, -0.05) is 143 Å². The summed E-state index contributed by atoms with van der Waals surface area (Å²) < 4.78 is 0. The minimum atomic E-state index is 0.799. The third kappa shape index (κ3) is 14.9. The van der Waals surface area contributed by atoms with E-state index in [1.165, 1.54) is 99.3 Å². The number of aliphatic imine (C=N–C) groups is 2. The maximum Gasteiger partial charge on any atom is 0.135 e. The lowest BCUT2D eigenvalue weighted by Gasteiger charge is -2.10. The van der Waals surface area contributed by atoms with Crippen LogP contribution in [0.25, 0.3) is 0 Å². The van der Waals surface area contributed by atoms with E-state index >= 15 is 0 Å². The zero-order valence-electron chi connectivity index (χ0n) is 29.5. The summed E-state index contributed by atoms with van der Waals surface area (Å²) in [5.74, 6) is 6.93. The van der Waals surface area contributed by atoms with Crippen LogP contribution in [0.15, 0.2) is 46.4 Å². The van der Waals surface area contributed by atoms with Crippen molar-refractivity contribution in [3.8, 4) is 11.8 Å². The summed E-state index contributed by atoms with van der Waals surface area (Å²) in [5.41, 5.74) is 9.47. The average Bonchev–Trinajstić information content (AvgIpc) is 3.01. The van der Waals surface area contributed by atoms with Gasteiger partial charge in [0.25, 0.3) is 0 Å². The highest BCUT2D eigenvalue weighted by atomic mass is 14.8. The Morgan fingerprint density at radius 2 is 0.932 bits per heavy atom. The first kappa shape index (κ1) is 37.5. The Hall–Kier alpha value is -2.66. The molecule has 242 valence electrons. The van der Waals surface area contributed by atoms with Crippen LogP contribution < -0.4 is 0 Å². The van der Waals surface area contributed by atoms with Crippen LogP contribution in [0.3, 0.4) is 0 Å². The van der Waals surface area contributed by atoms with Crippen molar-refractivity contribution in [2.24, 2.45) is 9.98 Å². The highest BCUT2D eigenvalue weighted by molar-refractivity contribution is 6.48. The lowest BCUT2D eigenvalue weighted by Crippen LogP contribution is -2.08. The van der Waals surface area contributed by atoms with Crippen LogP contribution in [0.5, 0.6) is 0 Å². The molecule has 0 heterocycles. The standard InChI is InChI=1S/C42H64N2/c1-7-12-13-14-15-16-17-18-19-20-21-22-23-28-42(44-41-32-30-37(25-9-3)39(34-41)27-11-5)35(6)43-40-31-29-36(24-8-2)38(33-40)26-10-4/h29-34H,7-22,24-27H2,1-6H3. The Bertz CT molecular complexity index is 1190. The number of rotatable bonds is 22. The lowest BCUT2D eigenvalue weighted by molar-refractivity contribution is 0.551. The largest absolute Gasteiger partial charge is 0.251 e. The Morgan fingerprint density at radius 3 is 1.41 bits per heavy atom. The topological polar surface area (TPSA) is 24.7 Å². The number of unbranched alkanes of at least 4 members (excludes halogenated alkanes) is 11. The summed E-state index contributed by atoms with van der Waals surface area (Å²) in [6, 6.07) is 13.5. The fourth-order valence-electron chi connectivity index (χ4n) is 5.99. The van der Waals surface area contributed by atoms with Gasteiger partial charge < -0.3 is 0 Å². The highest BCUT2D eigenvalue weighted by Gasteiger charge is 2.08. The van der Waals surface area contributed by atoms with E-state index in [2.05, 4.69) is 89.8 Å². The Morgan fingerprint density at radius 1 is 0.500 bits per heavy atom. The van der Waals surface area contributed by atoms with Crippen molar-refractivity contribution >= 4 is 22.8 Å². The molecule has 0 N–H and O–H groups in total. The molecule has 0 bridgehead atoms. The van der Waals surface area contributed by atoms with E-state index in [1.807, 2.05) is 0 Å². The van der Waals surface area contributed by atoms with E-state index in [0.717, 1.165) is 74.2 Å². The zero-order valence-corrected chi connectivity index (χ0v) is 29.5. The smallest absolute Gasteiger partial charge is 0.135 e. The van der Waals surface area contributed by atoms with E-state index in [9.17, 15) is 0 Å². The second-order valence-electron chi connectivity index (χ2n) is 12.7. The quantitative estimate of drug-likeness (QED) is 0.0734. The van der Waals surface area contributed by atoms with E-state index in [4.69, 9.17) is 9.98 Å². The van der Waals surface area contributed by atoms with E-state index in [0.29, 0.717) is 0 Å². The molecule has 2 heteroatoms. The Labute approximate surface area is 272 Å². The molecule has 2 aromatic rings. The molecule has 2 aromatic carbocycles. The molecular weight excluding hydrogens is 532 g/mol. The average molecular weight is 597 g/mol. The van der Waals surface area contributed by atoms with Gasteiger partial charge in [0.2, 0.25) is 0 Å². The summed E-state index contributed by atoms with van der Waals surface area (Å²) in [5, 5.41) is 0. The first-order valence-electron chi connectivity index (χ1n) is 18.4. The summed E-state index contributed by atoms with van der Waals surface area (Å²) in [4.78, 5) is 10.2. The normalized spacial score (nSPS) is 12.0. The molecule has 2 nitrogen and oxygen atoms in total. The van der Waals surface area contributed by atoms with Gasteiger partial charge in [-0.2, -0.15) is 0 Å². The predicted octanol–water partition coefficient (Wildman–Crippen LogP) is 13.1. The summed E-state index contributed by atoms with van der Waals surface area (Å²) in [6.07, 6.45) is 24.9. The molecular formula is C42H64N2. The van der Waals surface area contributed by atoms with Gasteiger partial charge in [-0.05, 0) is 91.5 Å². The molecule has 0 aliphatic heterocycles. The maximum atomic E-state index is 5.11. The van der Waals surface area contributed by atoms with Gasteiger partial charge in [0.1, 0.15) is 5.71 Å². The first-order chi connectivity index (χ1) is 21.6. The van der Waals surface area contributed by atoms with Gasteiger partial charge in [-0.3, -0.25) is 4.99 Å². The van der Waals surface area contributed by atoms with Crippen molar-refractivity contribution in [3.63, 3.8) is 0 Å². The van der Waals surface area contributed by atoms with Gasteiger partial charge >= 0.3 is 0 Å². The minimum Gasteiger partial charge on any atom is -0.251 e. The monoisotopic (exact) mass is 597 g/mol. The van der Waals surface area contributed by atoms with Crippen molar-refractivity contribution < 1.29 is 0 Å². The van der Waals surface area contributed by atoms with Gasteiger partial charge in [-0.25, -0.2) is 4.99 Å². The van der Waals surface area contributed by atoms with Crippen LogP contribution in [0.2, 0.25) is 0 Å². The molecule has 2 rings (SSSR count). The van der Waals surface area contributed by atoms with Gasteiger partial charge in [0, 0.05) is 6.42 Å². The molecule has 0 radical (unpaired) electrons. The first-order valence-corrected chi connectivity index (χ1v) is 18.4. The number of benzene rings is 2. The van der Waals surface area contributed by atoms with Crippen LogP contribution in [0, 0.1) is 11.8 Å². The molecule has 0 aliphatic carbocycles. The van der Waals surface area contributed by atoms with Gasteiger partial charge in [0.05, 0.1) is 17.1 Å². The number of nitrogens with zero attached hydrogens (tertiary/aromatic N) is 2. The molecule has 0 spiro atoms. The van der Waals surface area contributed by atoms with Crippen molar-refractivity contribution in [1.82, 2.24) is 0 Å². The van der Waals surface area contributed by atoms with Crippen molar-refractivity contribution in [2.75, 3.05) is 0 Å². The Kier molecular flexibility index (Phi) is 20.2. The molecule has 0 aromatic heterocycles. The second-order valence-corrected chi connectivity index (χ2v) is 12.7. The third-order valence-corrected chi connectivity index (χ3v) is 8.45. The second kappa shape index (κ2) is 23.7. The number of hydrogen-bond acceptors (Lipinski definition) is 2. The van der Waals surface area contributed by atoms with E-state index in [1.54, 1.807) is 0 Å². The fraction of sp³-hybridized carbons (Fsp3) is 0.619. The lowest BCUT2D eigenvalue weighted by atomic mass is 9.99. The Balaban J connectivity index is 2.17. The van der Waals surface area contributed by atoms with E-state index in [-0.39, 0.29) is 0 Å². The summed E-state index contributed by atoms with van der Waals surface area (Å²) in [7, 11) is 0. The van der Waals surface area contributed by atoms with Crippen LogP contribution >= 0.6 is 0 Å². The van der Waals surface area contributed by atoms with Crippen LogP contribution in [-0.2, 0) is 25.7 Å². The molecule has 0 atom stereocenters. The molecule has 0 aliphatic rings. The van der Waals surface area contributed by atoms with Crippen molar-refractivity contribution in [2.45, 2.75) is 170 Å². The fourth-order valence-corrected chi connectivity index (χ4v) is 5.99. The molecule has 0 unspecified atom stereocenters. The van der Waals surface area contributed by atoms with Gasteiger partial charge in [-0.15, -0.1) is 0 Å². The molecule has 0 fully saturated rings. The highest BCUT2D eigenvalue weighted by Crippen LogP contribution is 2.24. The van der Waals surface area contributed by atoms with Crippen LogP contribution in [0.4, 0.5) is 11.4 Å². The van der Waals surface area contributed by atoms with Gasteiger partial charge in [0.15, 0.2) is 0 Å². The SMILES string of the molecule is CCCCCCCCCCCCCC#CC(=Nc1ccc(CCC)c(CCC)c1)C(C)=Nc1ccc(CCC)c(CCC)c1. The van der Waals surface area contributed by atoms with Crippen LogP contribution in [-0.4, -0.2) is 11.4 Å². The van der Waals surface area contributed by atoms with Crippen molar-refractivity contribution in [3.05, 3.63) is 58.7 Å². The van der Waals surface area contributed by atoms with Crippen LogP contribution in [0.1, 0.15) is 167 Å². The maximum absolute atomic E-state index is 5.11.